The van der Waals surface area contributed by atoms with E-state index in [4.69, 9.17) is 11.6 Å². The first-order valence-electron chi connectivity index (χ1n) is 11.6. The number of rotatable bonds is 11. The van der Waals surface area contributed by atoms with Crippen LogP contribution in [-0.2, 0) is 16.1 Å². The van der Waals surface area contributed by atoms with Crippen LogP contribution in [0.3, 0.4) is 0 Å². The average molecular weight is 484 g/mol. The average Bonchev–Trinajstić information content (AvgIpc) is 3.08. The molecule has 34 heavy (non-hydrogen) atoms. The summed E-state index contributed by atoms with van der Waals surface area (Å²) in [5.41, 5.74) is 1.63. The van der Waals surface area contributed by atoms with Crippen LogP contribution in [0, 0.1) is 0 Å². The number of amides is 4. The van der Waals surface area contributed by atoms with Crippen molar-refractivity contribution in [2.24, 2.45) is 0 Å². The van der Waals surface area contributed by atoms with Gasteiger partial charge in [0.15, 0.2) is 0 Å². The second-order valence-corrected chi connectivity index (χ2v) is 8.82. The van der Waals surface area contributed by atoms with E-state index in [-0.39, 0.29) is 43.1 Å². The van der Waals surface area contributed by atoms with E-state index < -0.39 is 6.04 Å². The van der Waals surface area contributed by atoms with E-state index in [1.807, 2.05) is 19.1 Å². The molecule has 1 heterocycles. The third-order valence-corrected chi connectivity index (χ3v) is 6.17. The van der Waals surface area contributed by atoms with E-state index >= 15 is 0 Å². The van der Waals surface area contributed by atoms with E-state index in [9.17, 15) is 19.2 Å². The molecule has 1 unspecified atom stereocenters. The minimum atomic E-state index is -0.667. The molecule has 0 saturated carbocycles. The molecule has 0 aromatic heterocycles. The first-order valence-corrected chi connectivity index (χ1v) is 12.0. The molecule has 8 heteroatoms. The fraction of sp³-hybridized carbons (Fsp3) is 0.385. The van der Waals surface area contributed by atoms with Gasteiger partial charge in [0, 0.05) is 31.1 Å². The maximum absolute atomic E-state index is 13.2. The van der Waals surface area contributed by atoms with Crippen molar-refractivity contribution in [1.29, 1.82) is 0 Å². The lowest BCUT2D eigenvalue weighted by molar-refractivity contribution is -0.140. The van der Waals surface area contributed by atoms with Crippen LogP contribution in [0.1, 0.15) is 65.8 Å². The minimum Gasteiger partial charge on any atom is -0.354 e. The topological polar surface area (TPSA) is 86.8 Å². The quantitative estimate of drug-likeness (QED) is 0.386. The van der Waals surface area contributed by atoms with Crippen molar-refractivity contribution in [3.05, 3.63) is 70.2 Å². The van der Waals surface area contributed by atoms with E-state index in [2.05, 4.69) is 5.32 Å². The third kappa shape index (κ3) is 6.03. The van der Waals surface area contributed by atoms with Crippen LogP contribution in [0.5, 0.6) is 0 Å². The van der Waals surface area contributed by atoms with Crippen molar-refractivity contribution in [2.75, 3.05) is 13.1 Å². The standard InChI is InChI=1S/C26H30ClN3O4/c1-3-4-15-28-24(32)18(2)30(17-19-11-13-20(27)14-12-19)23(31)10-7-16-29-25(33)21-8-5-6-9-22(21)26(29)34/h5-6,8-9,11-14,18H,3-4,7,10,15-17H2,1-2H3,(H,28,32). The molecule has 1 N–H and O–H groups in total. The SMILES string of the molecule is CCCCNC(=O)C(C)N(Cc1ccc(Cl)cc1)C(=O)CCCN1C(=O)c2ccccc2C1=O. The summed E-state index contributed by atoms with van der Waals surface area (Å²) in [5, 5.41) is 3.48. The molecular formula is C26H30ClN3O4. The first kappa shape index (κ1) is 25.4. The largest absolute Gasteiger partial charge is 0.354 e. The summed E-state index contributed by atoms with van der Waals surface area (Å²) in [6.07, 6.45) is 2.24. The molecule has 0 saturated heterocycles. The van der Waals surface area contributed by atoms with Crippen LogP contribution in [-0.4, -0.2) is 52.6 Å². The number of nitrogens with one attached hydrogen (secondary N) is 1. The van der Waals surface area contributed by atoms with Crippen molar-refractivity contribution in [3.8, 4) is 0 Å². The number of halogens is 1. The minimum absolute atomic E-state index is 0.105. The molecule has 1 atom stereocenters. The van der Waals surface area contributed by atoms with Crippen LogP contribution in [0.25, 0.3) is 0 Å². The molecule has 2 aromatic rings. The lowest BCUT2D eigenvalue weighted by Gasteiger charge is -2.29. The van der Waals surface area contributed by atoms with Crippen LogP contribution < -0.4 is 5.32 Å². The highest BCUT2D eigenvalue weighted by molar-refractivity contribution is 6.30. The number of hydrogen-bond acceptors (Lipinski definition) is 4. The summed E-state index contributed by atoms with van der Waals surface area (Å²) in [6, 6.07) is 13.2. The van der Waals surface area contributed by atoms with E-state index in [1.165, 1.54) is 9.80 Å². The molecule has 2 aromatic carbocycles. The first-order chi connectivity index (χ1) is 16.3. The predicted molar refractivity (Wildman–Crippen MR) is 130 cm³/mol. The summed E-state index contributed by atoms with van der Waals surface area (Å²) in [7, 11) is 0. The zero-order valence-electron chi connectivity index (χ0n) is 19.6. The van der Waals surface area contributed by atoms with Crippen molar-refractivity contribution in [3.63, 3.8) is 0 Å². The van der Waals surface area contributed by atoms with Gasteiger partial charge < -0.3 is 10.2 Å². The van der Waals surface area contributed by atoms with Gasteiger partial charge in [-0.1, -0.05) is 49.2 Å². The number of carbonyl (C=O) groups excluding carboxylic acids is 4. The molecule has 7 nitrogen and oxygen atoms in total. The Balaban J connectivity index is 1.64. The third-order valence-electron chi connectivity index (χ3n) is 5.91. The number of carbonyl (C=O) groups is 4. The van der Waals surface area contributed by atoms with Crippen molar-refractivity contribution < 1.29 is 19.2 Å². The molecule has 0 spiro atoms. The molecular weight excluding hydrogens is 454 g/mol. The van der Waals surface area contributed by atoms with Gasteiger partial charge in [0.05, 0.1) is 11.1 Å². The second kappa shape index (κ2) is 11.8. The Labute approximate surface area is 205 Å². The fourth-order valence-corrected chi connectivity index (χ4v) is 4.01. The van der Waals surface area contributed by atoms with Gasteiger partial charge in [-0.15, -0.1) is 0 Å². The van der Waals surface area contributed by atoms with E-state index in [0.29, 0.717) is 29.1 Å². The number of fused-ring (bicyclic) bond motifs is 1. The Morgan fingerprint density at radius 1 is 1.00 bits per heavy atom. The Hall–Kier alpha value is -3.19. The van der Waals surface area contributed by atoms with Crippen molar-refractivity contribution >= 4 is 35.2 Å². The summed E-state index contributed by atoms with van der Waals surface area (Å²) < 4.78 is 0. The van der Waals surface area contributed by atoms with Crippen LogP contribution in [0.4, 0.5) is 0 Å². The van der Waals surface area contributed by atoms with Gasteiger partial charge in [0.1, 0.15) is 6.04 Å². The highest BCUT2D eigenvalue weighted by atomic mass is 35.5. The lowest BCUT2D eigenvalue weighted by Crippen LogP contribution is -2.47. The fourth-order valence-electron chi connectivity index (χ4n) is 3.88. The Bertz CT molecular complexity index is 1020. The predicted octanol–water partition coefficient (Wildman–Crippen LogP) is 4.05. The summed E-state index contributed by atoms with van der Waals surface area (Å²) >= 11 is 5.98. The smallest absolute Gasteiger partial charge is 0.261 e. The van der Waals surface area contributed by atoms with Crippen molar-refractivity contribution in [1.82, 2.24) is 15.1 Å². The van der Waals surface area contributed by atoms with Crippen LogP contribution in [0.15, 0.2) is 48.5 Å². The molecule has 3 rings (SSSR count). The molecule has 1 aliphatic heterocycles. The maximum Gasteiger partial charge on any atom is 0.261 e. The number of benzene rings is 2. The number of imide groups is 1. The molecule has 1 aliphatic rings. The molecule has 0 aliphatic carbocycles. The monoisotopic (exact) mass is 483 g/mol. The zero-order chi connectivity index (χ0) is 24.7. The highest BCUT2D eigenvalue weighted by Gasteiger charge is 2.35. The highest BCUT2D eigenvalue weighted by Crippen LogP contribution is 2.23. The second-order valence-electron chi connectivity index (χ2n) is 8.38. The summed E-state index contributed by atoms with van der Waals surface area (Å²) in [5.74, 6) is -1.11. The Morgan fingerprint density at radius 3 is 2.21 bits per heavy atom. The van der Waals surface area contributed by atoms with Crippen LogP contribution >= 0.6 is 11.6 Å². The Kier molecular flexibility index (Phi) is 8.82. The lowest BCUT2D eigenvalue weighted by atomic mass is 10.1. The molecule has 180 valence electrons. The maximum atomic E-state index is 13.2. The number of nitrogens with zero attached hydrogens (tertiary/aromatic N) is 2. The van der Waals surface area contributed by atoms with Crippen LogP contribution in [0.2, 0.25) is 5.02 Å². The van der Waals surface area contributed by atoms with Gasteiger partial charge in [-0.3, -0.25) is 24.1 Å². The van der Waals surface area contributed by atoms with Gasteiger partial charge in [0.25, 0.3) is 11.8 Å². The zero-order valence-corrected chi connectivity index (χ0v) is 20.3. The normalized spacial score (nSPS) is 13.6. The number of unbranched alkanes of at least 4 members (excludes halogenated alkanes) is 1. The van der Waals surface area contributed by atoms with Gasteiger partial charge >= 0.3 is 0 Å². The van der Waals surface area contributed by atoms with Gasteiger partial charge in [-0.2, -0.15) is 0 Å². The van der Waals surface area contributed by atoms with Gasteiger partial charge in [-0.05, 0) is 49.6 Å². The molecule has 4 amide bonds. The molecule has 0 radical (unpaired) electrons. The van der Waals surface area contributed by atoms with E-state index in [0.717, 1.165) is 18.4 Å². The van der Waals surface area contributed by atoms with Crippen molar-refractivity contribution in [2.45, 2.75) is 52.1 Å². The molecule has 0 bridgehead atoms. The summed E-state index contributed by atoms with van der Waals surface area (Å²) in [4.78, 5) is 53.7. The van der Waals surface area contributed by atoms with E-state index in [1.54, 1.807) is 43.3 Å². The molecule has 0 fully saturated rings. The number of hydrogen-bond donors (Lipinski definition) is 1. The van der Waals surface area contributed by atoms with Gasteiger partial charge in [0.2, 0.25) is 11.8 Å². The van der Waals surface area contributed by atoms with Gasteiger partial charge in [-0.25, -0.2) is 0 Å². The summed E-state index contributed by atoms with van der Waals surface area (Å²) in [6.45, 7) is 4.71. The Morgan fingerprint density at radius 2 is 1.62 bits per heavy atom.